The number of piperidine rings is 1. The van der Waals surface area contributed by atoms with Gasteiger partial charge in [-0.2, -0.15) is 0 Å². The Morgan fingerprint density at radius 1 is 1.03 bits per heavy atom. The molecule has 1 atom stereocenters. The number of esters is 1. The van der Waals surface area contributed by atoms with Crippen molar-refractivity contribution in [2.45, 2.75) is 19.8 Å². The molecule has 1 aliphatic heterocycles. The number of amides is 2. The van der Waals surface area contributed by atoms with E-state index >= 15 is 0 Å². The molecule has 0 spiro atoms. The van der Waals surface area contributed by atoms with Crippen molar-refractivity contribution >= 4 is 29.2 Å². The Kier molecular flexibility index (Phi) is 7.57. The summed E-state index contributed by atoms with van der Waals surface area (Å²) in [5.74, 6) is -0.919. The molecule has 0 saturated carbocycles. The Labute approximate surface area is 176 Å². The van der Waals surface area contributed by atoms with E-state index in [0.29, 0.717) is 30.1 Å². The molecule has 2 aromatic rings. The zero-order chi connectivity index (χ0) is 21.3. The van der Waals surface area contributed by atoms with Crippen LogP contribution in [0.25, 0.3) is 0 Å². The Morgan fingerprint density at radius 3 is 2.53 bits per heavy atom. The monoisotopic (exact) mass is 409 g/mol. The van der Waals surface area contributed by atoms with Gasteiger partial charge < -0.3 is 15.4 Å². The third kappa shape index (κ3) is 5.90. The fraction of sp³-hybridized carbons (Fsp3) is 0.348. The topological polar surface area (TPSA) is 87.7 Å². The number of likely N-dealkylation sites (tertiary alicyclic amines) is 1. The van der Waals surface area contributed by atoms with Crippen LogP contribution < -0.4 is 10.6 Å². The van der Waals surface area contributed by atoms with Gasteiger partial charge in [0, 0.05) is 12.2 Å². The molecule has 0 aliphatic carbocycles. The second kappa shape index (κ2) is 10.5. The van der Waals surface area contributed by atoms with Crippen LogP contribution >= 0.6 is 0 Å². The fourth-order valence-electron chi connectivity index (χ4n) is 3.55. The van der Waals surface area contributed by atoms with E-state index in [4.69, 9.17) is 4.74 Å². The number of hydrogen-bond donors (Lipinski definition) is 2. The van der Waals surface area contributed by atoms with Crippen molar-refractivity contribution in [1.82, 2.24) is 4.90 Å². The smallest absolute Gasteiger partial charge is 0.310 e. The molecule has 158 valence electrons. The van der Waals surface area contributed by atoms with Crippen LogP contribution in [0.5, 0.6) is 0 Å². The minimum Gasteiger partial charge on any atom is -0.466 e. The van der Waals surface area contributed by atoms with Gasteiger partial charge in [0.15, 0.2) is 0 Å². The first kappa shape index (κ1) is 21.5. The summed E-state index contributed by atoms with van der Waals surface area (Å²) < 4.78 is 5.11. The normalized spacial score (nSPS) is 16.5. The number of ether oxygens (including phenoxy) is 1. The Morgan fingerprint density at radius 2 is 1.77 bits per heavy atom. The second-order valence-electron chi connectivity index (χ2n) is 7.24. The number of nitrogens with zero attached hydrogens (tertiary/aromatic N) is 1. The molecule has 30 heavy (non-hydrogen) atoms. The fourth-order valence-corrected chi connectivity index (χ4v) is 3.55. The average molecular weight is 409 g/mol. The second-order valence-corrected chi connectivity index (χ2v) is 7.24. The third-order valence-electron chi connectivity index (χ3n) is 4.97. The molecule has 1 fully saturated rings. The van der Waals surface area contributed by atoms with Crippen LogP contribution in [0.15, 0.2) is 54.6 Å². The zero-order valence-electron chi connectivity index (χ0n) is 17.1. The predicted octanol–water partition coefficient (Wildman–Crippen LogP) is 3.15. The molecule has 2 aromatic carbocycles. The summed E-state index contributed by atoms with van der Waals surface area (Å²) in [4.78, 5) is 39.2. The van der Waals surface area contributed by atoms with Crippen LogP contribution in [0, 0.1) is 5.92 Å². The van der Waals surface area contributed by atoms with Crippen molar-refractivity contribution in [1.29, 1.82) is 0 Å². The minimum absolute atomic E-state index is 0.157. The lowest BCUT2D eigenvalue weighted by molar-refractivity contribution is -0.150. The molecule has 2 N–H and O–H groups in total. The molecule has 2 amide bonds. The first-order valence-electron chi connectivity index (χ1n) is 10.2. The molecular formula is C23H27N3O4. The van der Waals surface area contributed by atoms with Crippen LogP contribution in [-0.4, -0.2) is 48.9 Å². The van der Waals surface area contributed by atoms with Gasteiger partial charge in [-0.3, -0.25) is 19.3 Å². The molecule has 1 saturated heterocycles. The first-order chi connectivity index (χ1) is 14.6. The molecule has 0 radical (unpaired) electrons. The van der Waals surface area contributed by atoms with Gasteiger partial charge in [-0.15, -0.1) is 0 Å². The first-order valence-corrected chi connectivity index (χ1v) is 10.2. The molecule has 7 nitrogen and oxygen atoms in total. The summed E-state index contributed by atoms with van der Waals surface area (Å²) in [5.41, 5.74) is 1.52. The van der Waals surface area contributed by atoms with Gasteiger partial charge >= 0.3 is 5.97 Å². The van der Waals surface area contributed by atoms with Gasteiger partial charge in [-0.1, -0.05) is 30.3 Å². The van der Waals surface area contributed by atoms with E-state index in [1.807, 2.05) is 23.1 Å². The van der Waals surface area contributed by atoms with Crippen LogP contribution in [-0.2, 0) is 14.3 Å². The van der Waals surface area contributed by atoms with Gasteiger partial charge in [0.25, 0.3) is 5.91 Å². The Bertz CT molecular complexity index is 885. The highest BCUT2D eigenvalue weighted by Crippen LogP contribution is 2.20. The van der Waals surface area contributed by atoms with E-state index in [1.165, 1.54) is 0 Å². The molecule has 7 heteroatoms. The van der Waals surface area contributed by atoms with E-state index in [-0.39, 0.29) is 30.2 Å². The maximum atomic E-state index is 12.7. The summed E-state index contributed by atoms with van der Waals surface area (Å²) in [6.07, 6.45) is 1.62. The van der Waals surface area contributed by atoms with Crippen LogP contribution in [0.2, 0.25) is 0 Å². The summed E-state index contributed by atoms with van der Waals surface area (Å²) >= 11 is 0. The van der Waals surface area contributed by atoms with Crippen molar-refractivity contribution in [3.8, 4) is 0 Å². The summed E-state index contributed by atoms with van der Waals surface area (Å²) in [7, 11) is 0. The standard InChI is InChI=1S/C23H27N3O4/c1-2-30-23(29)17-9-8-14-26(15-17)16-21(27)25-20-13-7-6-12-19(20)22(28)24-18-10-4-3-5-11-18/h3-7,10-13,17H,2,8-9,14-16H2,1H3,(H,24,28)(H,25,27)/t17-/m1/s1. The van der Waals surface area contributed by atoms with Gasteiger partial charge in [0.2, 0.25) is 5.91 Å². The SMILES string of the molecule is CCOC(=O)[C@@H]1CCCN(CC(=O)Nc2ccccc2C(=O)Nc2ccccc2)C1. The van der Waals surface area contributed by atoms with Crippen LogP contribution in [0.4, 0.5) is 11.4 Å². The van der Waals surface area contributed by atoms with E-state index in [2.05, 4.69) is 10.6 Å². The largest absolute Gasteiger partial charge is 0.466 e. The van der Waals surface area contributed by atoms with Gasteiger partial charge in [-0.05, 0) is 50.6 Å². The summed E-state index contributed by atoms with van der Waals surface area (Å²) in [6.45, 7) is 3.56. The highest BCUT2D eigenvalue weighted by Gasteiger charge is 2.28. The molecular weight excluding hydrogens is 382 g/mol. The van der Waals surface area contributed by atoms with Crippen molar-refractivity contribution < 1.29 is 19.1 Å². The van der Waals surface area contributed by atoms with Gasteiger partial charge in [-0.25, -0.2) is 0 Å². The van der Waals surface area contributed by atoms with Crippen LogP contribution in [0.3, 0.4) is 0 Å². The van der Waals surface area contributed by atoms with Crippen molar-refractivity contribution in [2.24, 2.45) is 5.92 Å². The molecule has 0 unspecified atom stereocenters. The summed E-state index contributed by atoms with van der Waals surface area (Å²) in [6, 6.07) is 16.1. The highest BCUT2D eigenvalue weighted by atomic mass is 16.5. The van der Waals surface area contributed by atoms with E-state index in [9.17, 15) is 14.4 Å². The number of rotatable bonds is 7. The quantitative estimate of drug-likeness (QED) is 0.686. The maximum absolute atomic E-state index is 12.7. The number of nitrogens with one attached hydrogen (secondary N) is 2. The van der Waals surface area contributed by atoms with Crippen molar-refractivity contribution in [2.75, 3.05) is 36.9 Å². The average Bonchev–Trinajstić information content (AvgIpc) is 2.75. The van der Waals surface area contributed by atoms with E-state index in [0.717, 1.165) is 19.4 Å². The third-order valence-corrected chi connectivity index (χ3v) is 4.97. The van der Waals surface area contributed by atoms with Crippen LogP contribution in [0.1, 0.15) is 30.1 Å². The van der Waals surface area contributed by atoms with Gasteiger partial charge in [0.05, 0.1) is 30.3 Å². The molecule has 1 heterocycles. The number of benzene rings is 2. The maximum Gasteiger partial charge on any atom is 0.310 e. The number of anilines is 2. The molecule has 0 aromatic heterocycles. The lowest BCUT2D eigenvalue weighted by atomic mass is 9.98. The van der Waals surface area contributed by atoms with Crippen molar-refractivity contribution in [3.63, 3.8) is 0 Å². The minimum atomic E-state index is -0.294. The number of hydrogen-bond acceptors (Lipinski definition) is 5. The summed E-state index contributed by atoms with van der Waals surface area (Å²) in [5, 5.41) is 5.67. The van der Waals surface area contributed by atoms with E-state index in [1.54, 1.807) is 43.3 Å². The Hall–Kier alpha value is -3.19. The number of carbonyl (C=O) groups excluding carboxylic acids is 3. The predicted molar refractivity (Wildman–Crippen MR) is 115 cm³/mol. The highest BCUT2D eigenvalue weighted by molar-refractivity contribution is 6.10. The molecule has 0 bridgehead atoms. The molecule has 1 aliphatic rings. The zero-order valence-corrected chi connectivity index (χ0v) is 17.1. The molecule has 3 rings (SSSR count). The van der Waals surface area contributed by atoms with E-state index < -0.39 is 0 Å². The Balaban J connectivity index is 1.60. The lowest BCUT2D eigenvalue weighted by Gasteiger charge is -2.30. The lowest BCUT2D eigenvalue weighted by Crippen LogP contribution is -2.43. The van der Waals surface area contributed by atoms with Gasteiger partial charge in [0.1, 0.15) is 0 Å². The number of carbonyl (C=O) groups is 3. The number of para-hydroxylation sites is 2. The van der Waals surface area contributed by atoms with Crippen molar-refractivity contribution in [3.05, 3.63) is 60.2 Å².